The molecule has 1 heterocycles. The number of carboxylic acids is 1. The van der Waals surface area contributed by atoms with Crippen LogP contribution in [-0.4, -0.2) is 16.1 Å². The number of hydrogen-bond donors (Lipinski definition) is 1. The Labute approximate surface area is 128 Å². The smallest absolute Gasteiger partial charge is 0.347 e. The number of thiazole rings is 1. The zero-order chi connectivity index (χ0) is 15.2. The molecule has 1 aromatic heterocycles. The Bertz CT molecular complexity index is 604. The van der Waals surface area contributed by atoms with Crippen LogP contribution in [0.2, 0.25) is 0 Å². The van der Waals surface area contributed by atoms with E-state index >= 15 is 0 Å². The SMILES string of the molecule is CCCc1nc(COc2ccc(CC)cc2)c(C(=O)O)s1. The minimum absolute atomic E-state index is 0.188. The Morgan fingerprint density at radius 1 is 1.29 bits per heavy atom. The molecule has 0 amide bonds. The van der Waals surface area contributed by atoms with E-state index in [2.05, 4.69) is 11.9 Å². The summed E-state index contributed by atoms with van der Waals surface area (Å²) >= 11 is 1.24. The maximum absolute atomic E-state index is 11.2. The highest BCUT2D eigenvalue weighted by atomic mass is 32.1. The van der Waals surface area contributed by atoms with Gasteiger partial charge in [0.15, 0.2) is 0 Å². The Morgan fingerprint density at radius 3 is 2.57 bits per heavy atom. The first kappa shape index (κ1) is 15.5. The minimum atomic E-state index is -0.935. The summed E-state index contributed by atoms with van der Waals surface area (Å²) in [5.74, 6) is -0.205. The van der Waals surface area contributed by atoms with E-state index in [0.29, 0.717) is 5.69 Å². The molecule has 0 radical (unpaired) electrons. The predicted molar refractivity (Wildman–Crippen MR) is 83.2 cm³/mol. The maximum Gasteiger partial charge on any atom is 0.347 e. The normalized spacial score (nSPS) is 10.6. The maximum atomic E-state index is 11.2. The molecule has 2 aromatic rings. The van der Waals surface area contributed by atoms with E-state index in [9.17, 15) is 9.90 Å². The van der Waals surface area contributed by atoms with Crippen LogP contribution in [0.25, 0.3) is 0 Å². The molecule has 5 heteroatoms. The van der Waals surface area contributed by atoms with Gasteiger partial charge in [0.05, 0.1) is 5.01 Å². The quantitative estimate of drug-likeness (QED) is 0.842. The summed E-state index contributed by atoms with van der Waals surface area (Å²) in [4.78, 5) is 15.9. The van der Waals surface area contributed by atoms with Gasteiger partial charge < -0.3 is 9.84 Å². The van der Waals surface area contributed by atoms with Crippen LogP contribution in [0.1, 0.15) is 46.2 Å². The molecule has 0 saturated heterocycles. The molecular weight excluding hydrogens is 286 g/mol. The molecule has 0 aliphatic heterocycles. The summed E-state index contributed by atoms with van der Waals surface area (Å²) in [6.45, 7) is 4.33. The fourth-order valence-corrected chi connectivity index (χ4v) is 2.97. The molecule has 0 aliphatic carbocycles. The van der Waals surface area contributed by atoms with Crippen molar-refractivity contribution < 1.29 is 14.6 Å². The molecule has 1 aromatic carbocycles. The number of nitrogens with zero attached hydrogens (tertiary/aromatic N) is 1. The first-order valence-electron chi connectivity index (χ1n) is 7.07. The fraction of sp³-hybridized carbons (Fsp3) is 0.375. The zero-order valence-corrected chi connectivity index (χ0v) is 13.1. The largest absolute Gasteiger partial charge is 0.487 e. The van der Waals surface area contributed by atoms with Crippen LogP contribution in [0.3, 0.4) is 0 Å². The Hall–Kier alpha value is -1.88. The van der Waals surface area contributed by atoms with E-state index in [4.69, 9.17) is 4.74 Å². The van der Waals surface area contributed by atoms with Crippen LogP contribution >= 0.6 is 11.3 Å². The monoisotopic (exact) mass is 305 g/mol. The molecule has 0 atom stereocenters. The summed E-state index contributed by atoms with van der Waals surface area (Å²) in [5, 5.41) is 10.1. The lowest BCUT2D eigenvalue weighted by Gasteiger charge is -2.05. The molecule has 2 rings (SSSR count). The van der Waals surface area contributed by atoms with Crippen molar-refractivity contribution in [3.8, 4) is 5.75 Å². The highest BCUT2D eigenvalue weighted by Crippen LogP contribution is 2.22. The van der Waals surface area contributed by atoms with Gasteiger partial charge in [0.1, 0.15) is 22.9 Å². The molecule has 0 fully saturated rings. The molecule has 1 N–H and O–H groups in total. The van der Waals surface area contributed by atoms with Gasteiger partial charge >= 0.3 is 5.97 Å². The van der Waals surface area contributed by atoms with Gasteiger partial charge in [-0.05, 0) is 37.0 Å². The first-order valence-corrected chi connectivity index (χ1v) is 7.89. The molecule has 4 nitrogen and oxygen atoms in total. The lowest BCUT2D eigenvalue weighted by Crippen LogP contribution is -2.03. The summed E-state index contributed by atoms with van der Waals surface area (Å²) in [6.07, 6.45) is 2.73. The predicted octanol–water partition coefficient (Wildman–Crippen LogP) is 3.94. The fourth-order valence-electron chi connectivity index (χ4n) is 1.96. The van der Waals surface area contributed by atoms with Gasteiger partial charge in [-0.3, -0.25) is 0 Å². The third-order valence-corrected chi connectivity index (χ3v) is 4.25. The van der Waals surface area contributed by atoms with E-state index in [1.807, 2.05) is 31.2 Å². The lowest BCUT2D eigenvalue weighted by molar-refractivity contribution is 0.0699. The first-order chi connectivity index (χ1) is 10.1. The van der Waals surface area contributed by atoms with Gasteiger partial charge in [-0.1, -0.05) is 26.0 Å². The number of hydrogen-bond acceptors (Lipinski definition) is 4. The molecule has 112 valence electrons. The standard InChI is InChI=1S/C16H19NO3S/c1-3-5-14-17-13(15(21-14)16(18)19)10-20-12-8-6-11(4-2)7-9-12/h6-9H,3-5,10H2,1-2H3,(H,18,19). The van der Waals surface area contributed by atoms with Crippen molar-refractivity contribution in [1.82, 2.24) is 4.98 Å². The van der Waals surface area contributed by atoms with Crippen molar-refractivity contribution in [2.45, 2.75) is 39.7 Å². The average molecular weight is 305 g/mol. The number of carboxylic acid groups (broad SMARTS) is 1. The van der Waals surface area contributed by atoms with Gasteiger partial charge in [-0.15, -0.1) is 11.3 Å². The third-order valence-electron chi connectivity index (χ3n) is 3.11. The van der Waals surface area contributed by atoms with E-state index in [0.717, 1.165) is 30.0 Å². The van der Waals surface area contributed by atoms with Crippen molar-refractivity contribution in [2.75, 3.05) is 0 Å². The Kier molecular flexibility index (Phi) is 5.33. The Morgan fingerprint density at radius 2 is 2.00 bits per heavy atom. The number of aromatic carboxylic acids is 1. The molecular formula is C16H19NO3S. The molecule has 0 bridgehead atoms. The van der Waals surface area contributed by atoms with E-state index in [1.54, 1.807) is 0 Å². The van der Waals surface area contributed by atoms with Crippen LogP contribution in [-0.2, 0) is 19.4 Å². The number of aromatic nitrogens is 1. The van der Waals surface area contributed by atoms with Crippen molar-refractivity contribution in [2.24, 2.45) is 0 Å². The van der Waals surface area contributed by atoms with Crippen LogP contribution in [0.15, 0.2) is 24.3 Å². The van der Waals surface area contributed by atoms with E-state index in [-0.39, 0.29) is 11.5 Å². The van der Waals surface area contributed by atoms with Crippen molar-refractivity contribution in [3.63, 3.8) is 0 Å². The minimum Gasteiger partial charge on any atom is -0.487 e. The summed E-state index contributed by atoms with van der Waals surface area (Å²) < 4.78 is 5.65. The van der Waals surface area contributed by atoms with Gasteiger partial charge in [-0.25, -0.2) is 9.78 Å². The highest BCUT2D eigenvalue weighted by molar-refractivity contribution is 7.13. The zero-order valence-electron chi connectivity index (χ0n) is 12.3. The van der Waals surface area contributed by atoms with Gasteiger partial charge in [0, 0.05) is 0 Å². The van der Waals surface area contributed by atoms with Gasteiger partial charge in [0.2, 0.25) is 0 Å². The second-order valence-corrected chi connectivity index (χ2v) is 5.81. The summed E-state index contributed by atoms with van der Waals surface area (Å²) in [7, 11) is 0. The van der Waals surface area contributed by atoms with Crippen LogP contribution in [0, 0.1) is 0 Å². The second-order valence-electron chi connectivity index (χ2n) is 4.72. The van der Waals surface area contributed by atoms with Gasteiger partial charge in [0.25, 0.3) is 0 Å². The average Bonchev–Trinajstić information content (AvgIpc) is 2.89. The molecule has 0 spiro atoms. The number of ether oxygens (including phenoxy) is 1. The number of rotatable bonds is 7. The van der Waals surface area contributed by atoms with Crippen LogP contribution in [0.4, 0.5) is 0 Å². The molecule has 0 unspecified atom stereocenters. The summed E-state index contributed by atoms with van der Waals surface area (Å²) in [6, 6.07) is 7.82. The topological polar surface area (TPSA) is 59.4 Å². The Balaban J connectivity index is 2.08. The van der Waals surface area contributed by atoms with E-state index < -0.39 is 5.97 Å². The molecule has 21 heavy (non-hydrogen) atoms. The highest BCUT2D eigenvalue weighted by Gasteiger charge is 2.17. The number of benzene rings is 1. The third kappa shape index (κ3) is 4.04. The van der Waals surface area contributed by atoms with E-state index in [1.165, 1.54) is 16.9 Å². The van der Waals surface area contributed by atoms with Crippen LogP contribution < -0.4 is 4.74 Å². The van der Waals surface area contributed by atoms with Gasteiger partial charge in [-0.2, -0.15) is 0 Å². The van der Waals surface area contributed by atoms with Crippen molar-refractivity contribution in [3.05, 3.63) is 45.4 Å². The van der Waals surface area contributed by atoms with Crippen molar-refractivity contribution in [1.29, 1.82) is 0 Å². The number of aryl methyl sites for hydroxylation is 2. The lowest BCUT2D eigenvalue weighted by atomic mass is 10.2. The molecule has 0 aliphatic rings. The molecule has 0 saturated carbocycles. The van der Waals surface area contributed by atoms with Crippen molar-refractivity contribution >= 4 is 17.3 Å². The summed E-state index contributed by atoms with van der Waals surface area (Å²) in [5.41, 5.74) is 1.75. The van der Waals surface area contributed by atoms with Crippen LogP contribution in [0.5, 0.6) is 5.75 Å². The second kappa shape index (κ2) is 7.22. The number of carbonyl (C=O) groups is 1.